The predicted octanol–water partition coefficient (Wildman–Crippen LogP) is 1.71. The van der Waals surface area contributed by atoms with Crippen LogP contribution in [0.4, 0.5) is 15.8 Å². The molecule has 0 bridgehead atoms. The third-order valence-electron chi connectivity index (χ3n) is 3.30. The van der Waals surface area contributed by atoms with Crippen LogP contribution in [0, 0.1) is 15.9 Å². The van der Waals surface area contributed by atoms with E-state index in [9.17, 15) is 14.5 Å². The van der Waals surface area contributed by atoms with Crippen molar-refractivity contribution in [3.8, 4) is 0 Å². The molecule has 0 spiro atoms. The van der Waals surface area contributed by atoms with Crippen LogP contribution in [-0.2, 0) is 4.74 Å². The number of aliphatic hydroxyl groups is 1. The van der Waals surface area contributed by atoms with Gasteiger partial charge in [0.15, 0.2) is 0 Å². The lowest BCUT2D eigenvalue weighted by Gasteiger charge is -2.33. The molecular weight excluding hydrogens is 267 g/mol. The molecule has 1 atom stereocenters. The van der Waals surface area contributed by atoms with Crippen LogP contribution >= 0.6 is 0 Å². The number of halogens is 1. The van der Waals surface area contributed by atoms with Gasteiger partial charge in [-0.15, -0.1) is 0 Å². The number of anilines is 1. The number of rotatable bonds is 5. The van der Waals surface area contributed by atoms with E-state index in [4.69, 9.17) is 9.84 Å². The first-order valence-corrected chi connectivity index (χ1v) is 6.53. The third-order valence-corrected chi connectivity index (χ3v) is 3.30. The minimum absolute atomic E-state index is 0.0484. The van der Waals surface area contributed by atoms with Crippen molar-refractivity contribution in [3.05, 3.63) is 34.1 Å². The molecule has 1 unspecified atom stereocenters. The van der Waals surface area contributed by atoms with Gasteiger partial charge in [0, 0.05) is 13.1 Å². The van der Waals surface area contributed by atoms with Gasteiger partial charge in [-0.3, -0.25) is 10.1 Å². The summed E-state index contributed by atoms with van der Waals surface area (Å²) in [6.07, 6.45) is 1.62. The maximum absolute atomic E-state index is 13.1. The van der Waals surface area contributed by atoms with Gasteiger partial charge >= 0.3 is 0 Å². The summed E-state index contributed by atoms with van der Waals surface area (Å²) in [5.74, 6) is -0.620. The average Bonchev–Trinajstić information content (AvgIpc) is 2.45. The molecule has 1 heterocycles. The number of piperidine rings is 1. The maximum atomic E-state index is 13.1. The number of ether oxygens (including phenoxy) is 1. The lowest BCUT2D eigenvalue weighted by molar-refractivity contribution is -0.384. The third kappa shape index (κ3) is 3.43. The van der Waals surface area contributed by atoms with E-state index in [1.54, 1.807) is 0 Å². The number of nitrogens with zero attached hydrogens (tertiary/aromatic N) is 2. The van der Waals surface area contributed by atoms with E-state index in [2.05, 4.69) is 0 Å². The summed E-state index contributed by atoms with van der Waals surface area (Å²) in [5.41, 5.74) is 0.182. The average molecular weight is 284 g/mol. The molecule has 1 fully saturated rings. The summed E-state index contributed by atoms with van der Waals surface area (Å²) in [6, 6.07) is 3.59. The van der Waals surface area contributed by atoms with Crippen LogP contribution in [-0.4, -0.2) is 42.4 Å². The van der Waals surface area contributed by atoms with E-state index < -0.39 is 10.7 Å². The number of hydrogen-bond acceptors (Lipinski definition) is 5. The quantitative estimate of drug-likeness (QED) is 0.658. The fraction of sp³-hybridized carbons (Fsp3) is 0.538. The van der Waals surface area contributed by atoms with Crippen LogP contribution in [0.15, 0.2) is 18.2 Å². The fourth-order valence-electron chi connectivity index (χ4n) is 2.42. The minimum atomic E-state index is -0.620. The highest BCUT2D eigenvalue weighted by Crippen LogP contribution is 2.31. The Morgan fingerprint density at radius 2 is 2.35 bits per heavy atom. The second-order valence-corrected chi connectivity index (χ2v) is 4.69. The summed E-state index contributed by atoms with van der Waals surface area (Å²) in [4.78, 5) is 12.3. The van der Waals surface area contributed by atoms with Crippen molar-refractivity contribution in [2.75, 3.05) is 31.2 Å². The highest BCUT2D eigenvalue weighted by atomic mass is 19.1. The van der Waals surface area contributed by atoms with Gasteiger partial charge in [-0.05, 0) is 25.0 Å². The van der Waals surface area contributed by atoms with Crippen molar-refractivity contribution in [2.24, 2.45) is 0 Å². The molecule has 0 saturated carbocycles. The van der Waals surface area contributed by atoms with Gasteiger partial charge in [0.05, 0.1) is 30.3 Å². The molecule has 1 aliphatic heterocycles. The van der Waals surface area contributed by atoms with Gasteiger partial charge in [-0.1, -0.05) is 0 Å². The molecule has 0 amide bonds. The maximum Gasteiger partial charge on any atom is 0.295 e. The Labute approximate surface area is 115 Å². The molecule has 1 aliphatic rings. The van der Waals surface area contributed by atoms with Crippen LogP contribution in [0.1, 0.15) is 12.8 Å². The largest absolute Gasteiger partial charge is 0.394 e. The van der Waals surface area contributed by atoms with Crippen molar-refractivity contribution in [1.29, 1.82) is 0 Å². The lowest BCUT2D eigenvalue weighted by atomic mass is 10.1. The van der Waals surface area contributed by atoms with Gasteiger partial charge in [0.25, 0.3) is 5.69 Å². The van der Waals surface area contributed by atoms with Gasteiger partial charge in [-0.25, -0.2) is 4.39 Å². The Bertz CT molecular complexity index is 483. The van der Waals surface area contributed by atoms with Crippen LogP contribution < -0.4 is 4.90 Å². The summed E-state index contributed by atoms with van der Waals surface area (Å²) in [7, 11) is 0. The SMILES string of the molecule is O=[N+]([O-])c1cc(F)ccc1N1CCCC(OCCO)C1. The first-order valence-electron chi connectivity index (χ1n) is 6.53. The number of benzene rings is 1. The van der Waals surface area contributed by atoms with E-state index in [-0.39, 0.29) is 25.0 Å². The number of hydrogen-bond donors (Lipinski definition) is 1. The molecule has 1 aromatic rings. The van der Waals surface area contributed by atoms with Crippen molar-refractivity contribution in [2.45, 2.75) is 18.9 Å². The molecule has 0 aromatic heterocycles. The Hall–Kier alpha value is -1.73. The molecule has 110 valence electrons. The summed E-state index contributed by atoms with van der Waals surface area (Å²) in [5, 5.41) is 19.8. The second-order valence-electron chi connectivity index (χ2n) is 4.69. The molecule has 6 nitrogen and oxygen atoms in total. The van der Waals surface area contributed by atoms with Crippen LogP contribution in [0.3, 0.4) is 0 Å². The first-order chi connectivity index (χ1) is 9.61. The van der Waals surface area contributed by atoms with Crippen molar-refractivity contribution in [1.82, 2.24) is 0 Å². The predicted molar refractivity (Wildman–Crippen MR) is 71.3 cm³/mol. The zero-order chi connectivity index (χ0) is 14.5. The van der Waals surface area contributed by atoms with Crippen molar-refractivity contribution in [3.63, 3.8) is 0 Å². The van der Waals surface area contributed by atoms with Crippen LogP contribution in [0.2, 0.25) is 0 Å². The van der Waals surface area contributed by atoms with E-state index >= 15 is 0 Å². The van der Waals surface area contributed by atoms with Gasteiger partial charge < -0.3 is 14.7 Å². The van der Waals surface area contributed by atoms with E-state index in [1.165, 1.54) is 12.1 Å². The molecular formula is C13H17FN2O4. The molecule has 7 heteroatoms. The highest BCUT2D eigenvalue weighted by molar-refractivity contribution is 5.63. The zero-order valence-electron chi connectivity index (χ0n) is 11.0. The minimum Gasteiger partial charge on any atom is -0.394 e. The normalized spacial score (nSPS) is 19.1. The van der Waals surface area contributed by atoms with Gasteiger partial charge in [0.2, 0.25) is 0 Å². The highest BCUT2D eigenvalue weighted by Gasteiger charge is 2.26. The standard InChI is InChI=1S/C13H17FN2O4/c14-10-3-4-12(13(8-10)16(18)19)15-5-1-2-11(9-15)20-7-6-17/h3-4,8,11,17H,1-2,5-7,9H2. The fourth-order valence-corrected chi connectivity index (χ4v) is 2.42. The van der Waals surface area contributed by atoms with E-state index in [0.29, 0.717) is 18.8 Å². The summed E-state index contributed by atoms with van der Waals surface area (Å²) < 4.78 is 18.6. The Balaban J connectivity index is 2.16. The van der Waals surface area contributed by atoms with Crippen molar-refractivity contribution < 1.29 is 19.2 Å². The second kappa shape index (κ2) is 6.62. The molecule has 2 rings (SSSR count). The van der Waals surface area contributed by atoms with E-state index in [1.807, 2.05) is 4.90 Å². The Morgan fingerprint density at radius 3 is 3.05 bits per heavy atom. The number of aliphatic hydroxyl groups excluding tert-OH is 1. The first kappa shape index (κ1) is 14.7. The summed E-state index contributed by atoms with van der Waals surface area (Å²) in [6.45, 7) is 1.38. The Morgan fingerprint density at radius 1 is 1.55 bits per heavy atom. The van der Waals surface area contributed by atoms with Crippen molar-refractivity contribution >= 4 is 11.4 Å². The van der Waals surface area contributed by atoms with Gasteiger partial charge in [-0.2, -0.15) is 0 Å². The number of nitro groups is 1. The molecule has 20 heavy (non-hydrogen) atoms. The smallest absolute Gasteiger partial charge is 0.295 e. The topological polar surface area (TPSA) is 75.8 Å². The molecule has 1 saturated heterocycles. The van der Waals surface area contributed by atoms with E-state index in [0.717, 1.165) is 18.9 Å². The van der Waals surface area contributed by atoms with Gasteiger partial charge in [0.1, 0.15) is 11.5 Å². The molecule has 0 radical (unpaired) electrons. The van der Waals surface area contributed by atoms with Crippen LogP contribution in [0.25, 0.3) is 0 Å². The Kier molecular flexibility index (Phi) is 4.86. The monoisotopic (exact) mass is 284 g/mol. The lowest BCUT2D eigenvalue weighted by Crippen LogP contribution is -2.40. The molecule has 1 aromatic carbocycles. The molecule has 0 aliphatic carbocycles. The van der Waals surface area contributed by atoms with Crippen LogP contribution in [0.5, 0.6) is 0 Å². The summed E-state index contributed by atoms with van der Waals surface area (Å²) >= 11 is 0. The molecule has 1 N–H and O–H groups in total. The zero-order valence-corrected chi connectivity index (χ0v) is 11.0. The number of nitro benzene ring substituents is 1.